The van der Waals surface area contributed by atoms with Gasteiger partial charge >= 0.3 is 0 Å². The third kappa shape index (κ3) is 1.09. The number of hydrogen-bond acceptors (Lipinski definition) is 2. The maximum atomic E-state index is 10.9. The van der Waals surface area contributed by atoms with E-state index < -0.39 is 9.84 Å². The molecule has 0 aromatic rings. The Hall–Kier alpha value is -0.350. The molecule has 10 heavy (non-hydrogen) atoms. The summed E-state index contributed by atoms with van der Waals surface area (Å²) in [5.41, 5.74) is 0. The van der Waals surface area contributed by atoms with Crippen LogP contribution in [0.15, 0.2) is 11.5 Å². The number of nitrogens with one attached hydrogen (secondary N) is 1. The molecule has 1 unspecified atom stereocenters. The van der Waals surface area contributed by atoms with E-state index in [0.717, 1.165) is 13.1 Å². The van der Waals surface area contributed by atoms with Gasteiger partial charge in [0.2, 0.25) is 0 Å². The predicted octanol–water partition coefficient (Wildman–Crippen LogP) is -1.80. The molecule has 1 saturated heterocycles. The zero-order chi connectivity index (χ0) is 7.19. The molecule has 2 heterocycles. The van der Waals surface area contributed by atoms with Crippen LogP contribution in [0.25, 0.3) is 0 Å². The summed E-state index contributed by atoms with van der Waals surface area (Å²) in [6.45, 7) is 2.29. The molecule has 3 nitrogen and oxygen atoms in total. The van der Waals surface area contributed by atoms with E-state index in [9.17, 15) is 8.42 Å². The molecular weight excluding hydrogens is 150 g/mol. The van der Waals surface area contributed by atoms with Crippen molar-refractivity contribution in [1.29, 1.82) is 0 Å². The smallest absolute Gasteiger partial charge is 0.177 e. The third-order valence-corrected chi connectivity index (χ3v) is 3.39. The highest BCUT2D eigenvalue weighted by molar-refractivity contribution is 7.94. The summed E-state index contributed by atoms with van der Waals surface area (Å²) in [4.78, 5) is 1.41. The lowest BCUT2D eigenvalue weighted by Crippen LogP contribution is -2.97. The molecule has 0 aromatic carbocycles. The van der Waals surface area contributed by atoms with Crippen LogP contribution in [0.4, 0.5) is 0 Å². The largest absolute Gasteiger partial charge is 0.319 e. The summed E-state index contributed by atoms with van der Waals surface area (Å²) in [7, 11) is -2.80. The van der Waals surface area contributed by atoms with E-state index in [-0.39, 0.29) is 6.04 Å². The number of rotatable bonds is 1. The molecule has 1 atom stereocenters. The monoisotopic (exact) mass is 160 g/mol. The van der Waals surface area contributed by atoms with Gasteiger partial charge in [-0.3, -0.25) is 0 Å². The fraction of sp³-hybridized carbons (Fsp3) is 0.667. The van der Waals surface area contributed by atoms with Gasteiger partial charge in [0.25, 0.3) is 0 Å². The first-order chi connectivity index (χ1) is 4.67. The standard InChI is InChI=1S/C6H9NO2S/c8-10(9)4-1-6(5-10)7-2-3-7/h1,4,6H,2-3,5H2/p+1. The van der Waals surface area contributed by atoms with Crippen LogP contribution >= 0.6 is 0 Å². The zero-order valence-electron chi connectivity index (χ0n) is 5.58. The highest BCUT2D eigenvalue weighted by atomic mass is 32.2. The first-order valence-electron chi connectivity index (χ1n) is 3.43. The van der Waals surface area contributed by atoms with Crippen molar-refractivity contribution in [3.63, 3.8) is 0 Å². The molecule has 2 aliphatic heterocycles. The fourth-order valence-corrected chi connectivity index (χ4v) is 2.66. The van der Waals surface area contributed by atoms with Crippen LogP contribution in [0.2, 0.25) is 0 Å². The van der Waals surface area contributed by atoms with Crippen LogP contribution in [-0.2, 0) is 9.84 Å². The summed E-state index contributed by atoms with van der Waals surface area (Å²) in [6, 6.07) is 0.269. The first kappa shape index (κ1) is 6.37. The van der Waals surface area contributed by atoms with Gasteiger partial charge in [0, 0.05) is 5.41 Å². The molecule has 2 aliphatic rings. The van der Waals surface area contributed by atoms with Crippen molar-refractivity contribution in [2.45, 2.75) is 6.04 Å². The summed E-state index contributed by atoms with van der Waals surface area (Å²) in [5.74, 6) is 0.336. The lowest BCUT2D eigenvalue weighted by molar-refractivity contribution is -0.777. The first-order valence-corrected chi connectivity index (χ1v) is 5.14. The quantitative estimate of drug-likeness (QED) is 0.459. The average molecular weight is 160 g/mol. The van der Waals surface area contributed by atoms with Gasteiger partial charge in [-0.05, 0) is 6.08 Å². The fourth-order valence-electron chi connectivity index (χ4n) is 1.27. The summed E-state index contributed by atoms with van der Waals surface area (Å²) >= 11 is 0. The minimum Gasteiger partial charge on any atom is -0.319 e. The minimum atomic E-state index is -2.80. The van der Waals surface area contributed by atoms with Crippen LogP contribution in [0, 0.1) is 0 Å². The van der Waals surface area contributed by atoms with Gasteiger partial charge in [-0.25, -0.2) is 8.42 Å². The second-order valence-electron chi connectivity index (χ2n) is 2.92. The predicted molar refractivity (Wildman–Crippen MR) is 37.4 cm³/mol. The lowest BCUT2D eigenvalue weighted by Gasteiger charge is -2.00. The van der Waals surface area contributed by atoms with E-state index in [1.54, 1.807) is 0 Å². The van der Waals surface area contributed by atoms with E-state index >= 15 is 0 Å². The molecule has 4 heteroatoms. The summed E-state index contributed by atoms with van der Waals surface area (Å²) < 4.78 is 21.7. The van der Waals surface area contributed by atoms with Crippen LogP contribution < -0.4 is 4.90 Å². The molecule has 0 saturated carbocycles. The van der Waals surface area contributed by atoms with Crippen molar-refractivity contribution >= 4 is 9.84 Å². The molecule has 0 aliphatic carbocycles. The van der Waals surface area contributed by atoms with Crippen molar-refractivity contribution in [3.8, 4) is 0 Å². The van der Waals surface area contributed by atoms with Crippen LogP contribution in [0.3, 0.4) is 0 Å². The normalized spacial score (nSPS) is 36.6. The van der Waals surface area contributed by atoms with Gasteiger partial charge in [-0.1, -0.05) is 0 Å². The molecule has 2 rings (SSSR count). The van der Waals surface area contributed by atoms with Crippen molar-refractivity contribution in [2.24, 2.45) is 0 Å². The van der Waals surface area contributed by atoms with Crippen molar-refractivity contribution in [1.82, 2.24) is 0 Å². The maximum absolute atomic E-state index is 10.9. The SMILES string of the molecule is O=S1(=O)C=CC([NH+]2CC2)C1. The topological polar surface area (TPSA) is 38.6 Å². The Balaban J connectivity index is 2.14. The van der Waals surface area contributed by atoms with Crippen molar-refractivity contribution < 1.29 is 13.3 Å². The molecule has 0 aromatic heterocycles. The molecule has 0 radical (unpaired) electrons. The Labute approximate surface area is 60.2 Å². The Morgan fingerprint density at radius 1 is 1.40 bits per heavy atom. The van der Waals surface area contributed by atoms with Gasteiger partial charge in [-0.15, -0.1) is 0 Å². The van der Waals surface area contributed by atoms with E-state index in [4.69, 9.17) is 0 Å². The molecule has 0 spiro atoms. The van der Waals surface area contributed by atoms with Crippen molar-refractivity contribution in [2.75, 3.05) is 18.8 Å². The lowest BCUT2D eigenvalue weighted by atomic mass is 10.3. The second-order valence-corrected chi connectivity index (χ2v) is 4.85. The number of quaternary nitrogens is 1. The van der Waals surface area contributed by atoms with Gasteiger partial charge in [0.05, 0.1) is 0 Å². The van der Waals surface area contributed by atoms with E-state index in [2.05, 4.69) is 0 Å². The van der Waals surface area contributed by atoms with Crippen LogP contribution in [-0.4, -0.2) is 33.3 Å². The minimum absolute atomic E-state index is 0.269. The third-order valence-electron chi connectivity index (χ3n) is 1.99. The summed E-state index contributed by atoms with van der Waals surface area (Å²) in [5, 5.41) is 1.35. The van der Waals surface area contributed by atoms with Crippen LogP contribution in [0.1, 0.15) is 0 Å². The van der Waals surface area contributed by atoms with E-state index in [1.807, 2.05) is 6.08 Å². The maximum Gasteiger partial charge on any atom is 0.177 e. The Bertz CT molecular complexity index is 263. The van der Waals surface area contributed by atoms with Gasteiger partial charge < -0.3 is 4.90 Å². The Morgan fingerprint density at radius 3 is 2.50 bits per heavy atom. The zero-order valence-corrected chi connectivity index (χ0v) is 6.39. The molecule has 1 fully saturated rings. The van der Waals surface area contributed by atoms with Gasteiger partial charge in [-0.2, -0.15) is 0 Å². The van der Waals surface area contributed by atoms with E-state index in [1.165, 1.54) is 10.3 Å². The van der Waals surface area contributed by atoms with E-state index in [0.29, 0.717) is 5.75 Å². The molecule has 0 bridgehead atoms. The van der Waals surface area contributed by atoms with Gasteiger partial charge in [0.15, 0.2) is 9.84 Å². The van der Waals surface area contributed by atoms with Gasteiger partial charge in [0.1, 0.15) is 24.9 Å². The Morgan fingerprint density at radius 2 is 2.10 bits per heavy atom. The highest BCUT2D eigenvalue weighted by Gasteiger charge is 2.37. The average Bonchev–Trinajstić information content (AvgIpc) is 2.59. The molecule has 56 valence electrons. The molecule has 1 N–H and O–H groups in total. The second kappa shape index (κ2) is 1.83. The summed E-state index contributed by atoms with van der Waals surface area (Å²) in [6.07, 6.45) is 1.82. The Kier molecular flexibility index (Phi) is 1.16. The highest BCUT2D eigenvalue weighted by Crippen LogP contribution is 2.06. The number of sulfone groups is 1. The van der Waals surface area contributed by atoms with Crippen molar-refractivity contribution in [3.05, 3.63) is 11.5 Å². The number of hydrogen-bond donors (Lipinski definition) is 1. The molecular formula is C6H10NO2S+. The molecule has 0 amide bonds. The van der Waals surface area contributed by atoms with Crippen LogP contribution in [0.5, 0.6) is 0 Å².